The van der Waals surface area contributed by atoms with Crippen molar-refractivity contribution in [2.75, 3.05) is 44.1 Å². The molecular weight excluding hydrogens is 546 g/mol. The zero-order valence-electron chi connectivity index (χ0n) is 22.3. The fourth-order valence-corrected chi connectivity index (χ4v) is 7.03. The molecule has 0 radical (unpaired) electrons. The number of carbonyl (C=O) groups excluding carboxylic acids is 1. The largest absolute Gasteiger partial charge is 0.379 e. The van der Waals surface area contributed by atoms with Gasteiger partial charge in [-0.3, -0.25) is 14.4 Å². The Bertz CT molecular complexity index is 1550. The summed E-state index contributed by atoms with van der Waals surface area (Å²) >= 11 is 1.83. The summed E-state index contributed by atoms with van der Waals surface area (Å²) in [5.74, 6) is 0.620. The summed E-state index contributed by atoms with van der Waals surface area (Å²) in [7, 11) is -3.91. The highest BCUT2D eigenvalue weighted by molar-refractivity contribution is 7.99. The second-order valence-electron chi connectivity index (χ2n) is 9.73. The van der Waals surface area contributed by atoms with Crippen LogP contribution in [0, 0.1) is 6.92 Å². The number of aromatic nitrogens is 2. The highest BCUT2D eigenvalue weighted by Crippen LogP contribution is 2.27. The normalized spacial score (nSPS) is 15.1. The van der Waals surface area contributed by atoms with Gasteiger partial charge >= 0.3 is 0 Å². The minimum Gasteiger partial charge on any atom is -0.379 e. The number of carbonyl (C=O) groups is 1. The van der Waals surface area contributed by atoms with E-state index in [9.17, 15) is 13.2 Å². The number of fused-ring (bicyclic) bond motifs is 1. The van der Waals surface area contributed by atoms with E-state index in [1.807, 2.05) is 36.0 Å². The van der Waals surface area contributed by atoms with Crippen LogP contribution in [0.1, 0.15) is 21.6 Å². The van der Waals surface area contributed by atoms with Crippen LogP contribution in [-0.4, -0.2) is 73.8 Å². The molecule has 5 rings (SSSR count). The molecule has 210 valence electrons. The predicted octanol–water partition coefficient (Wildman–Crippen LogP) is 4.04. The Labute approximate surface area is 238 Å². The topological polar surface area (TPSA) is 116 Å². The highest BCUT2D eigenvalue weighted by atomic mass is 32.2. The van der Waals surface area contributed by atoms with Crippen LogP contribution in [0.3, 0.4) is 0 Å². The molecule has 40 heavy (non-hydrogen) atoms. The first-order chi connectivity index (χ1) is 19.4. The summed E-state index contributed by atoms with van der Waals surface area (Å²) in [4.78, 5) is 22.8. The number of hydrogen-bond donors (Lipinski definition) is 3. The van der Waals surface area contributed by atoms with Crippen LogP contribution in [0.2, 0.25) is 0 Å². The quantitative estimate of drug-likeness (QED) is 0.246. The number of anilines is 1. The van der Waals surface area contributed by atoms with Gasteiger partial charge in [-0.15, -0.1) is 0 Å². The maximum absolute atomic E-state index is 13.2. The van der Waals surface area contributed by atoms with Crippen LogP contribution in [0.25, 0.3) is 10.9 Å². The molecule has 1 aliphatic rings. The molecule has 0 aliphatic carbocycles. The number of benzene rings is 2. The third-order valence-electron chi connectivity index (χ3n) is 6.75. The van der Waals surface area contributed by atoms with Crippen molar-refractivity contribution in [1.29, 1.82) is 0 Å². The van der Waals surface area contributed by atoms with E-state index in [1.165, 1.54) is 11.8 Å². The third kappa shape index (κ3) is 7.03. The first-order valence-electron chi connectivity index (χ1n) is 13.2. The molecule has 0 bridgehead atoms. The van der Waals surface area contributed by atoms with E-state index >= 15 is 0 Å². The summed E-state index contributed by atoms with van der Waals surface area (Å²) in [6, 6.07) is 20.7. The van der Waals surface area contributed by atoms with Crippen LogP contribution in [-0.2, 0) is 20.5 Å². The summed E-state index contributed by atoms with van der Waals surface area (Å²) in [6.07, 6.45) is 1.45. The molecule has 9 nitrogen and oxygen atoms in total. The molecule has 1 saturated heterocycles. The minimum atomic E-state index is -3.91. The monoisotopic (exact) mass is 579 g/mol. The summed E-state index contributed by atoms with van der Waals surface area (Å²) in [5.41, 5.74) is 3.05. The van der Waals surface area contributed by atoms with Gasteiger partial charge in [-0.25, -0.2) is 4.98 Å². The van der Waals surface area contributed by atoms with Gasteiger partial charge < -0.3 is 15.0 Å². The van der Waals surface area contributed by atoms with Crippen LogP contribution in [0.15, 0.2) is 78.0 Å². The standard InChI is InChI=1S/C29H33N5O4S2/c1-21-7-6-12-30-29(21)40(36,37)33-25-11-5-10-23-17-26(32-27(23)25)28(35)31-18-24(19-34-13-15-38-16-14-34)39-20-22-8-3-2-4-9-22/h2-12,17,24,32-33H,13-16,18-20H2,1H3,(H,31,35). The number of H-pyrrole nitrogens is 1. The summed E-state index contributed by atoms with van der Waals surface area (Å²) in [6.45, 7) is 6.27. The second kappa shape index (κ2) is 12.9. The molecule has 11 heteroatoms. The number of sulfonamides is 1. The van der Waals surface area contributed by atoms with Gasteiger partial charge in [-0.05, 0) is 36.2 Å². The van der Waals surface area contributed by atoms with Crippen molar-refractivity contribution < 1.29 is 17.9 Å². The first kappa shape index (κ1) is 28.2. The molecule has 3 heterocycles. The van der Waals surface area contributed by atoms with Gasteiger partial charge in [0.05, 0.1) is 24.4 Å². The lowest BCUT2D eigenvalue weighted by Crippen LogP contribution is -2.43. The van der Waals surface area contributed by atoms with Gasteiger partial charge in [-0.2, -0.15) is 20.2 Å². The van der Waals surface area contributed by atoms with Gasteiger partial charge in [0.1, 0.15) is 5.69 Å². The molecule has 0 spiro atoms. The Balaban J connectivity index is 1.28. The number of aryl methyl sites for hydroxylation is 1. The van der Waals surface area contributed by atoms with Gasteiger partial charge in [0.25, 0.3) is 15.9 Å². The zero-order valence-corrected chi connectivity index (χ0v) is 23.9. The van der Waals surface area contributed by atoms with E-state index in [-0.39, 0.29) is 16.2 Å². The number of aromatic amines is 1. The Hall–Kier alpha value is -3.38. The number of ether oxygens (including phenoxy) is 1. The van der Waals surface area contributed by atoms with E-state index in [2.05, 4.69) is 37.0 Å². The molecule has 0 saturated carbocycles. The molecule has 4 aromatic rings. The van der Waals surface area contributed by atoms with E-state index in [0.717, 1.165) is 44.0 Å². The number of amides is 1. The SMILES string of the molecule is Cc1cccnc1S(=O)(=O)Nc1cccc2cc(C(=O)NCC(CN3CCOCC3)SCc3ccccc3)[nH]c12. The fraction of sp³-hybridized carbons (Fsp3) is 0.310. The lowest BCUT2D eigenvalue weighted by molar-refractivity contribution is 0.0381. The maximum Gasteiger partial charge on any atom is 0.279 e. The zero-order chi connectivity index (χ0) is 28.0. The Morgan fingerprint density at radius 1 is 1.10 bits per heavy atom. The Morgan fingerprint density at radius 2 is 1.90 bits per heavy atom. The number of nitrogens with zero attached hydrogens (tertiary/aromatic N) is 2. The molecule has 2 aromatic heterocycles. The molecule has 1 atom stereocenters. The van der Waals surface area contributed by atoms with Gasteiger partial charge in [0, 0.05) is 48.8 Å². The third-order valence-corrected chi connectivity index (χ3v) is 9.46. The van der Waals surface area contributed by atoms with Crippen LogP contribution >= 0.6 is 11.8 Å². The molecule has 2 aromatic carbocycles. The number of morpholine rings is 1. The van der Waals surface area contributed by atoms with E-state index in [4.69, 9.17) is 4.74 Å². The van der Waals surface area contributed by atoms with Crippen molar-refractivity contribution in [3.63, 3.8) is 0 Å². The van der Waals surface area contributed by atoms with Crippen LogP contribution in [0.5, 0.6) is 0 Å². The fourth-order valence-electron chi connectivity index (χ4n) is 4.65. The lowest BCUT2D eigenvalue weighted by atomic mass is 10.2. The number of nitrogens with one attached hydrogen (secondary N) is 3. The van der Waals surface area contributed by atoms with Gasteiger partial charge in [0.2, 0.25) is 0 Å². The number of thioether (sulfide) groups is 1. The van der Waals surface area contributed by atoms with Crippen molar-refractivity contribution in [2.45, 2.75) is 23.0 Å². The van der Waals surface area contributed by atoms with Gasteiger partial charge in [0.15, 0.2) is 5.03 Å². The maximum atomic E-state index is 13.2. The highest BCUT2D eigenvalue weighted by Gasteiger charge is 2.22. The van der Waals surface area contributed by atoms with Crippen LogP contribution < -0.4 is 10.0 Å². The molecule has 1 amide bonds. The molecular formula is C29H33N5O4S2. The molecule has 1 unspecified atom stereocenters. The van der Waals surface area contributed by atoms with Crippen molar-refractivity contribution in [1.82, 2.24) is 20.2 Å². The Kier molecular flexibility index (Phi) is 9.05. The van der Waals surface area contributed by atoms with Crippen molar-refractivity contribution >= 4 is 44.3 Å². The average molecular weight is 580 g/mol. The number of hydrogen-bond acceptors (Lipinski definition) is 7. The second-order valence-corrected chi connectivity index (χ2v) is 12.6. The van der Waals surface area contributed by atoms with E-state index < -0.39 is 10.0 Å². The predicted molar refractivity (Wildman–Crippen MR) is 159 cm³/mol. The van der Waals surface area contributed by atoms with Crippen molar-refractivity contribution in [2.24, 2.45) is 0 Å². The Morgan fingerprint density at radius 3 is 2.67 bits per heavy atom. The minimum absolute atomic E-state index is 0.0316. The van der Waals surface area contributed by atoms with Crippen LogP contribution in [0.4, 0.5) is 5.69 Å². The average Bonchev–Trinajstić information content (AvgIpc) is 3.41. The lowest BCUT2D eigenvalue weighted by Gasteiger charge is -2.30. The summed E-state index contributed by atoms with van der Waals surface area (Å²) < 4.78 is 34.2. The smallest absolute Gasteiger partial charge is 0.279 e. The summed E-state index contributed by atoms with van der Waals surface area (Å²) in [5, 5.41) is 3.98. The molecule has 3 N–H and O–H groups in total. The van der Waals surface area contributed by atoms with Gasteiger partial charge in [-0.1, -0.05) is 48.5 Å². The van der Waals surface area contributed by atoms with Crippen molar-refractivity contribution in [3.8, 4) is 0 Å². The number of rotatable bonds is 11. The molecule has 1 fully saturated rings. The van der Waals surface area contributed by atoms with Crippen molar-refractivity contribution in [3.05, 3.63) is 89.7 Å². The molecule has 1 aliphatic heterocycles. The number of pyridine rings is 1. The first-order valence-corrected chi connectivity index (χ1v) is 15.7. The van der Waals surface area contributed by atoms with E-state index in [0.29, 0.717) is 29.0 Å². The van der Waals surface area contributed by atoms with E-state index in [1.54, 1.807) is 37.3 Å². The number of para-hydroxylation sites is 1.